The molecule has 3 atom stereocenters. The molecule has 1 aliphatic rings. The van der Waals surface area contributed by atoms with Gasteiger partial charge in [0.15, 0.2) is 0 Å². The molecule has 0 bridgehead atoms. The molecular weight excluding hydrogens is 380 g/mol. The summed E-state index contributed by atoms with van der Waals surface area (Å²) in [5.74, 6) is -1.30. The largest absolute Gasteiger partial charge is 0.481 e. The number of carbonyl (C=O) groups is 3. The van der Waals surface area contributed by atoms with Gasteiger partial charge in [0.2, 0.25) is 0 Å². The molecule has 0 heterocycles. The van der Waals surface area contributed by atoms with Crippen LogP contribution in [-0.4, -0.2) is 45.2 Å². The highest BCUT2D eigenvalue weighted by Crippen LogP contribution is 2.50. The molecule has 0 aromatic heterocycles. The highest BCUT2D eigenvalue weighted by Gasteiger charge is 2.48. The van der Waals surface area contributed by atoms with Crippen LogP contribution in [0.25, 0.3) is 0 Å². The maximum absolute atomic E-state index is 11.8. The van der Waals surface area contributed by atoms with Crippen LogP contribution < -0.4 is 0 Å². The van der Waals surface area contributed by atoms with Gasteiger partial charge in [0, 0.05) is 18.8 Å². The average molecular weight is 417 g/mol. The zero-order valence-electron chi connectivity index (χ0n) is 18.2. The minimum absolute atomic E-state index is 0.0692. The van der Waals surface area contributed by atoms with Crippen molar-refractivity contribution in [2.75, 3.05) is 5.75 Å². The van der Waals surface area contributed by atoms with Crippen LogP contribution in [0.1, 0.15) is 67.7 Å². The number of carboxylic acids is 2. The fourth-order valence-electron chi connectivity index (χ4n) is 4.18. The maximum Gasteiger partial charge on any atom is 0.317 e. The van der Waals surface area contributed by atoms with E-state index in [4.69, 9.17) is 9.84 Å². The second-order valence-corrected chi connectivity index (χ2v) is 11.4. The molecule has 0 spiro atoms. The van der Waals surface area contributed by atoms with E-state index in [1.165, 1.54) is 18.7 Å². The molecule has 162 valence electrons. The van der Waals surface area contributed by atoms with Gasteiger partial charge in [-0.1, -0.05) is 41.5 Å². The lowest BCUT2D eigenvalue weighted by atomic mass is 9.59. The summed E-state index contributed by atoms with van der Waals surface area (Å²) < 4.78 is 5.82. The van der Waals surface area contributed by atoms with Crippen LogP contribution in [0.15, 0.2) is 0 Å². The van der Waals surface area contributed by atoms with Crippen LogP contribution in [0.2, 0.25) is 0 Å². The van der Waals surface area contributed by atoms with Crippen LogP contribution in [0.5, 0.6) is 0 Å². The van der Waals surface area contributed by atoms with E-state index in [1.807, 2.05) is 0 Å². The number of hydrogen-bond acceptors (Lipinski definition) is 5. The van der Waals surface area contributed by atoms with Gasteiger partial charge in [-0.25, -0.2) is 0 Å². The first-order valence-corrected chi connectivity index (χ1v) is 10.9. The maximum atomic E-state index is 11.8. The molecule has 0 aromatic rings. The lowest BCUT2D eigenvalue weighted by Crippen LogP contribution is -2.50. The van der Waals surface area contributed by atoms with Crippen molar-refractivity contribution in [3.8, 4) is 0 Å². The third-order valence-corrected chi connectivity index (χ3v) is 7.10. The SMILES string of the molecule is CC(=O)OC1C(C(C)(C)C)CC(CSC(CC(=O)O)C(=O)O)CC1C(C)(C)C. The van der Waals surface area contributed by atoms with Gasteiger partial charge in [-0.2, -0.15) is 0 Å². The Hall–Kier alpha value is -1.24. The van der Waals surface area contributed by atoms with Gasteiger partial charge in [-0.05, 0) is 35.3 Å². The molecule has 1 saturated carbocycles. The van der Waals surface area contributed by atoms with Gasteiger partial charge in [0.1, 0.15) is 11.4 Å². The molecule has 1 aliphatic carbocycles. The number of carboxylic acid groups (broad SMARTS) is 2. The molecule has 0 radical (unpaired) electrons. The van der Waals surface area contributed by atoms with E-state index < -0.39 is 17.2 Å². The van der Waals surface area contributed by atoms with Gasteiger partial charge in [-0.3, -0.25) is 14.4 Å². The smallest absolute Gasteiger partial charge is 0.317 e. The molecule has 7 heteroatoms. The highest BCUT2D eigenvalue weighted by molar-refractivity contribution is 8.00. The summed E-state index contributed by atoms with van der Waals surface area (Å²) in [5, 5.41) is 17.3. The van der Waals surface area contributed by atoms with E-state index in [0.717, 1.165) is 12.8 Å². The quantitative estimate of drug-likeness (QED) is 0.596. The minimum Gasteiger partial charge on any atom is -0.481 e. The summed E-state index contributed by atoms with van der Waals surface area (Å²) in [4.78, 5) is 34.1. The summed E-state index contributed by atoms with van der Waals surface area (Å²) in [6.07, 6.45) is 1.11. The number of thioether (sulfide) groups is 1. The normalized spacial score (nSPS) is 27.1. The van der Waals surface area contributed by atoms with E-state index in [1.54, 1.807) is 0 Å². The molecular formula is C21H36O6S. The van der Waals surface area contributed by atoms with Crippen LogP contribution in [0.3, 0.4) is 0 Å². The van der Waals surface area contributed by atoms with Crippen LogP contribution >= 0.6 is 11.8 Å². The van der Waals surface area contributed by atoms with Crippen molar-refractivity contribution in [1.82, 2.24) is 0 Å². The van der Waals surface area contributed by atoms with Crippen molar-refractivity contribution in [2.24, 2.45) is 28.6 Å². The molecule has 0 saturated heterocycles. The van der Waals surface area contributed by atoms with Gasteiger partial charge >= 0.3 is 17.9 Å². The van der Waals surface area contributed by atoms with E-state index in [9.17, 15) is 19.5 Å². The van der Waals surface area contributed by atoms with E-state index in [-0.39, 0.29) is 47.1 Å². The Kier molecular flexibility index (Phi) is 8.42. The van der Waals surface area contributed by atoms with Crippen molar-refractivity contribution < 1.29 is 29.3 Å². The average Bonchev–Trinajstić information content (AvgIpc) is 2.48. The standard InChI is InChI=1S/C21H36O6S/c1-12(22)27-18-14(20(2,3)4)8-13(9-15(18)21(5,6)7)11-28-16(19(25)26)10-17(23)24/h13-16,18H,8-11H2,1-7H3,(H,23,24)(H,25,26). The Bertz CT molecular complexity index is 550. The van der Waals surface area contributed by atoms with E-state index in [0.29, 0.717) is 5.75 Å². The number of carbonyl (C=O) groups excluding carboxylic acids is 1. The predicted molar refractivity (Wildman–Crippen MR) is 110 cm³/mol. The molecule has 0 aromatic carbocycles. The lowest BCUT2D eigenvalue weighted by molar-refractivity contribution is -0.166. The van der Waals surface area contributed by atoms with Gasteiger partial charge in [0.25, 0.3) is 0 Å². The molecule has 2 N–H and O–H groups in total. The fraction of sp³-hybridized carbons (Fsp3) is 0.857. The zero-order chi connectivity index (χ0) is 21.9. The summed E-state index contributed by atoms with van der Waals surface area (Å²) in [5.41, 5.74) is -0.138. The Balaban J connectivity index is 3.05. The summed E-state index contributed by atoms with van der Waals surface area (Å²) >= 11 is 1.22. The summed E-state index contributed by atoms with van der Waals surface area (Å²) in [6.45, 7) is 14.3. The molecule has 6 nitrogen and oxygen atoms in total. The number of aliphatic carboxylic acids is 2. The van der Waals surface area contributed by atoms with Crippen LogP contribution in [0, 0.1) is 28.6 Å². The predicted octanol–water partition coefficient (Wildman–Crippen LogP) is 4.31. The molecule has 0 aliphatic heterocycles. The van der Waals surface area contributed by atoms with Crippen molar-refractivity contribution in [3.05, 3.63) is 0 Å². The minimum atomic E-state index is -1.10. The van der Waals surface area contributed by atoms with E-state index in [2.05, 4.69) is 41.5 Å². The Morgan fingerprint density at radius 2 is 1.46 bits per heavy atom. The second kappa shape index (κ2) is 9.51. The number of hydrogen-bond donors (Lipinski definition) is 2. The van der Waals surface area contributed by atoms with Crippen molar-refractivity contribution in [1.29, 1.82) is 0 Å². The lowest BCUT2D eigenvalue weighted by Gasteiger charge is -2.50. The third-order valence-electron chi connectivity index (χ3n) is 5.66. The number of ether oxygens (including phenoxy) is 1. The summed E-state index contributed by atoms with van der Waals surface area (Å²) in [6, 6.07) is 0. The number of rotatable bonds is 7. The van der Waals surface area contributed by atoms with Crippen molar-refractivity contribution >= 4 is 29.7 Å². The Labute approximate surface area is 172 Å². The van der Waals surface area contributed by atoms with E-state index >= 15 is 0 Å². The van der Waals surface area contributed by atoms with Crippen LogP contribution in [0.4, 0.5) is 0 Å². The fourth-order valence-corrected chi connectivity index (χ4v) is 5.36. The first-order chi connectivity index (χ1) is 12.6. The topological polar surface area (TPSA) is 101 Å². The Morgan fingerprint density at radius 1 is 1.00 bits per heavy atom. The first kappa shape index (κ1) is 24.8. The molecule has 1 rings (SSSR count). The zero-order valence-corrected chi connectivity index (χ0v) is 19.0. The van der Waals surface area contributed by atoms with Gasteiger partial charge in [0.05, 0.1) is 6.42 Å². The van der Waals surface area contributed by atoms with Crippen LogP contribution in [-0.2, 0) is 19.1 Å². The molecule has 0 amide bonds. The molecule has 28 heavy (non-hydrogen) atoms. The van der Waals surface area contributed by atoms with Gasteiger partial charge in [-0.15, -0.1) is 11.8 Å². The second-order valence-electron chi connectivity index (χ2n) is 10.1. The van der Waals surface area contributed by atoms with Crippen molar-refractivity contribution in [3.63, 3.8) is 0 Å². The molecule has 3 unspecified atom stereocenters. The van der Waals surface area contributed by atoms with Crippen molar-refractivity contribution in [2.45, 2.75) is 79.1 Å². The summed E-state index contributed by atoms with van der Waals surface area (Å²) in [7, 11) is 0. The van der Waals surface area contributed by atoms with Gasteiger partial charge < -0.3 is 14.9 Å². The third kappa shape index (κ3) is 7.30. The highest BCUT2D eigenvalue weighted by atomic mass is 32.2. The molecule has 1 fully saturated rings. The monoisotopic (exact) mass is 416 g/mol. The Morgan fingerprint density at radius 3 is 1.79 bits per heavy atom. The number of esters is 1. The first-order valence-electron chi connectivity index (χ1n) is 9.86.